The van der Waals surface area contributed by atoms with Crippen molar-refractivity contribution < 1.29 is 9.84 Å². The number of aryl methyl sites for hydroxylation is 1. The molecule has 20 heavy (non-hydrogen) atoms. The minimum Gasteiger partial charge on any atom is -0.493 e. The normalized spacial score (nSPS) is 14.8. The second kappa shape index (κ2) is 5.58. The fraction of sp³-hybridized carbons (Fsp3) is 0.294. The highest BCUT2D eigenvalue weighted by Gasteiger charge is 2.23. The van der Waals surface area contributed by atoms with E-state index in [1.54, 1.807) is 0 Å². The number of benzene rings is 2. The monoisotopic (exact) mass is 332 g/mol. The minimum absolute atomic E-state index is 0.648. The Morgan fingerprint density at radius 1 is 1.25 bits per heavy atom. The average Bonchev–Trinajstić information content (AvgIpc) is 2.94. The minimum atomic E-state index is -0.648. The maximum atomic E-state index is 10.6. The lowest BCUT2D eigenvalue weighted by Gasteiger charge is -2.16. The Balaban J connectivity index is 1.99. The zero-order valence-electron chi connectivity index (χ0n) is 11.4. The second-order valence-corrected chi connectivity index (χ2v) is 6.00. The lowest BCUT2D eigenvalue weighted by molar-refractivity contribution is 0.213. The van der Waals surface area contributed by atoms with E-state index >= 15 is 0 Å². The molecule has 1 unspecified atom stereocenters. The van der Waals surface area contributed by atoms with Crippen molar-refractivity contribution in [2.75, 3.05) is 6.61 Å². The number of aliphatic hydroxyl groups is 1. The van der Waals surface area contributed by atoms with Crippen molar-refractivity contribution in [3.8, 4) is 5.75 Å². The predicted molar refractivity (Wildman–Crippen MR) is 83.2 cm³/mol. The summed E-state index contributed by atoms with van der Waals surface area (Å²) in [6, 6.07) is 12.1. The van der Waals surface area contributed by atoms with E-state index in [-0.39, 0.29) is 0 Å². The third-order valence-corrected chi connectivity index (χ3v) is 4.23. The topological polar surface area (TPSA) is 29.5 Å². The van der Waals surface area contributed by atoms with Crippen LogP contribution in [0.1, 0.15) is 35.3 Å². The number of rotatable bonds is 3. The number of ether oxygens (including phenoxy) is 1. The summed E-state index contributed by atoms with van der Waals surface area (Å²) in [5.41, 5.74) is 4.18. The first-order valence-corrected chi connectivity index (χ1v) is 7.70. The largest absolute Gasteiger partial charge is 0.493 e. The van der Waals surface area contributed by atoms with Crippen LogP contribution >= 0.6 is 15.9 Å². The van der Waals surface area contributed by atoms with Gasteiger partial charge in [0.15, 0.2) is 0 Å². The maximum absolute atomic E-state index is 10.6. The van der Waals surface area contributed by atoms with E-state index < -0.39 is 6.10 Å². The first kappa shape index (κ1) is 13.7. The van der Waals surface area contributed by atoms with Gasteiger partial charge in [0.1, 0.15) is 11.9 Å². The highest BCUT2D eigenvalue weighted by molar-refractivity contribution is 9.10. The van der Waals surface area contributed by atoms with Crippen LogP contribution in [0.5, 0.6) is 5.75 Å². The molecule has 1 aliphatic heterocycles. The van der Waals surface area contributed by atoms with Gasteiger partial charge in [0.25, 0.3) is 0 Å². The Labute approximate surface area is 127 Å². The molecule has 1 heterocycles. The molecule has 2 aromatic carbocycles. The number of hydrogen-bond acceptors (Lipinski definition) is 2. The van der Waals surface area contributed by atoms with Gasteiger partial charge in [-0.15, -0.1) is 0 Å². The summed E-state index contributed by atoms with van der Waals surface area (Å²) < 4.78 is 6.68. The van der Waals surface area contributed by atoms with Crippen LogP contribution in [0.3, 0.4) is 0 Å². The van der Waals surface area contributed by atoms with Gasteiger partial charge >= 0.3 is 0 Å². The summed E-state index contributed by atoms with van der Waals surface area (Å²) in [4.78, 5) is 0. The Hall–Kier alpha value is -1.32. The van der Waals surface area contributed by atoms with Crippen LogP contribution in [-0.2, 0) is 12.8 Å². The first-order valence-electron chi connectivity index (χ1n) is 6.91. The van der Waals surface area contributed by atoms with Gasteiger partial charge in [-0.2, -0.15) is 0 Å². The van der Waals surface area contributed by atoms with E-state index in [1.807, 2.05) is 18.2 Å². The van der Waals surface area contributed by atoms with Crippen LogP contribution in [-0.4, -0.2) is 11.7 Å². The average molecular weight is 333 g/mol. The van der Waals surface area contributed by atoms with E-state index in [4.69, 9.17) is 4.74 Å². The van der Waals surface area contributed by atoms with Crippen LogP contribution in [0.25, 0.3) is 0 Å². The number of hydrogen-bond donors (Lipinski definition) is 1. The molecule has 1 aliphatic rings. The quantitative estimate of drug-likeness (QED) is 0.919. The van der Waals surface area contributed by atoms with Gasteiger partial charge in [-0.25, -0.2) is 0 Å². The molecule has 3 heteroatoms. The Bertz CT molecular complexity index is 620. The smallest absolute Gasteiger partial charge is 0.128 e. The summed E-state index contributed by atoms with van der Waals surface area (Å²) in [5.74, 6) is 0.847. The molecule has 104 valence electrons. The van der Waals surface area contributed by atoms with Crippen molar-refractivity contribution in [1.29, 1.82) is 0 Å². The molecule has 0 fully saturated rings. The summed E-state index contributed by atoms with van der Waals surface area (Å²) in [5, 5.41) is 10.6. The van der Waals surface area contributed by atoms with E-state index in [1.165, 1.54) is 11.1 Å². The van der Waals surface area contributed by atoms with E-state index in [0.717, 1.165) is 34.2 Å². The maximum Gasteiger partial charge on any atom is 0.128 e. The fourth-order valence-electron chi connectivity index (χ4n) is 2.62. The van der Waals surface area contributed by atoms with Crippen LogP contribution in [0.2, 0.25) is 0 Å². The van der Waals surface area contributed by atoms with E-state index in [0.29, 0.717) is 6.61 Å². The molecule has 0 spiro atoms. The predicted octanol–water partition coefficient (Wildman–Crippen LogP) is 4.03. The van der Waals surface area contributed by atoms with Gasteiger partial charge < -0.3 is 9.84 Å². The standard InChI is InChI=1S/C17H17BrO2/c1-2-11-3-5-12(6-4-11)16(19)15-10-14(18)9-13-7-8-20-17(13)15/h3-6,9-10,16,19H,2,7-8H2,1H3. The molecule has 1 N–H and O–H groups in total. The van der Waals surface area contributed by atoms with Crippen molar-refractivity contribution in [3.63, 3.8) is 0 Å². The molecule has 0 aromatic heterocycles. The van der Waals surface area contributed by atoms with Gasteiger partial charge in [0.2, 0.25) is 0 Å². The zero-order chi connectivity index (χ0) is 14.1. The second-order valence-electron chi connectivity index (χ2n) is 5.08. The molecular formula is C17H17BrO2. The lowest BCUT2D eigenvalue weighted by Crippen LogP contribution is -2.02. The molecule has 0 saturated carbocycles. The molecule has 0 bridgehead atoms. The highest BCUT2D eigenvalue weighted by Crippen LogP contribution is 2.38. The van der Waals surface area contributed by atoms with Gasteiger partial charge in [-0.3, -0.25) is 0 Å². The molecule has 0 saturated heterocycles. The highest BCUT2D eigenvalue weighted by atomic mass is 79.9. The van der Waals surface area contributed by atoms with Gasteiger partial charge in [-0.05, 0) is 35.2 Å². The van der Waals surface area contributed by atoms with Gasteiger partial charge in [-0.1, -0.05) is 47.1 Å². The van der Waals surface area contributed by atoms with Gasteiger partial charge in [0.05, 0.1) is 6.61 Å². The van der Waals surface area contributed by atoms with Crippen molar-refractivity contribution in [2.45, 2.75) is 25.9 Å². The summed E-state index contributed by atoms with van der Waals surface area (Å²) in [6.07, 6.45) is 1.26. The zero-order valence-corrected chi connectivity index (χ0v) is 13.0. The third kappa shape index (κ3) is 2.48. The van der Waals surface area contributed by atoms with Crippen molar-refractivity contribution >= 4 is 15.9 Å². The van der Waals surface area contributed by atoms with E-state index in [9.17, 15) is 5.11 Å². The third-order valence-electron chi connectivity index (χ3n) is 3.78. The summed E-state index contributed by atoms with van der Waals surface area (Å²) in [7, 11) is 0. The number of fused-ring (bicyclic) bond motifs is 1. The molecular weight excluding hydrogens is 316 g/mol. The van der Waals surface area contributed by atoms with Crippen LogP contribution < -0.4 is 4.74 Å². The lowest BCUT2D eigenvalue weighted by atomic mass is 9.97. The Kier molecular flexibility index (Phi) is 3.81. The van der Waals surface area contributed by atoms with Crippen molar-refractivity contribution in [2.24, 2.45) is 0 Å². The van der Waals surface area contributed by atoms with Crippen LogP contribution in [0.15, 0.2) is 40.9 Å². The molecule has 1 atom stereocenters. The molecule has 3 rings (SSSR count). The molecule has 0 aliphatic carbocycles. The fourth-order valence-corrected chi connectivity index (χ4v) is 3.14. The van der Waals surface area contributed by atoms with Gasteiger partial charge in [0, 0.05) is 16.5 Å². The number of halogens is 1. The molecule has 2 nitrogen and oxygen atoms in total. The van der Waals surface area contributed by atoms with Crippen LogP contribution in [0.4, 0.5) is 0 Å². The summed E-state index contributed by atoms with van der Waals surface area (Å²) >= 11 is 3.51. The summed E-state index contributed by atoms with van der Waals surface area (Å²) in [6.45, 7) is 2.82. The molecule has 2 aromatic rings. The molecule has 0 radical (unpaired) electrons. The Morgan fingerprint density at radius 3 is 2.70 bits per heavy atom. The Morgan fingerprint density at radius 2 is 2.00 bits per heavy atom. The number of aliphatic hydroxyl groups excluding tert-OH is 1. The SMILES string of the molecule is CCc1ccc(C(O)c2cc(Br)cc3c2OCC3)cc1. The molecule has 0 amide bonds. The van der Waals surface area contributed by atoms with Crippen LogP contribution in [0, 0.1) is 0 Å². The van der Waals surface area contributed by atoms with Crippen molar-refractivity contribution in [3.05, 3.63) is 63.1 Å². The van der Waals surface area contributed by atoms with E-state index in [2.05, 4.69) is 41.1 Å². The first-order chi connectivity index (χ1) is 9.69. The van der Waals surface area contributed by atoms with Crippen molar-refractivity contribution in [1.82, 2.24) is 0 Å².